The third-order valence-corrected chi connectivity index (χ3v) is 3.39. The van der Waals surface area contributed by atoms with E-state index in [4.69, 9.17) is 4.52 Å². The number of nitrogens with one attached hydrogen (secondary N) is 1. The standard InChI is InChI=1S/C14H25N3O/c1-14(2,3)16-13-15-12(17-18-13)11-9-7-5-4-6-8-10-11/h11H,4-10H2,1-3H3,(H,15,16,17). The topological polar surface area (TPSA) is 51.0 Å². The SMILES string of the molecule is CC(C)(C)Nc1nc(C2CCCCCCC2)no1. The van der Waals surface area contributed by atoms with E-state index in [1.807, 2.05) is 0 Å². The quantitative estimate of drug-likeness (QED) is 0.859. The number of nitrogens with zero attached hydrogens (tertiary/aromatic N) is 2. The van der Waals surface area contributed by atoms with Crippen LogP contribution < -0.4 is 5.32 Å². The van der Waals surface area contributed by atoms with Gasteiger partial charge in [0, 0.05) is 11.5 Å². The summed E-state index contributed by atoms with van der Waals surface area (Å²) in [4.78, 5) is 4.50. The van der Waals surface area contributed by atoms with Crippen molar-refractivity contribution in [2.45, 2.75) is 77.2 Å². The minimum atomic E-state index is -0.0370. The van der Waals surface area contributed by atoms with E-state index >= 15 is 0 Å². The lowest BCUT2D eigenvalue weighted by Gasteiger charge is -2.18. The minimum Gasteiger partial charge on any atom is -0.333 e. The highest BCUT2D eigenvalue weighted by Gasteiger charge is 2.21. The normalized spacial score (nSPS) is 19.3. The molecule has 0 atom stereocenters. The van der Waals surface area contributed by atoms with Gasteiger partial charge in [0.05, 0.1) is 0 Å². The van der Waals surface area contributed by atoms with Gasteiger partial charge in [-0.15, -0.1) is 0 Å². The van der Waals surface area contributed by atoms with E-state index in [0.717, 1.165) is 5.82 Å². The predicted octanol–water partition coefficient (Wildman–Crippen LogP) is 4.11. The second kappa shape index (κ2) is 5.72. The summed E-state index contributed by atoms with van der Waals surface area (Å²) in [6.45, 7) is 6.27. The Morgan fingerprint density at radius 1 is 1.06 bits per heavy atom. The highest BCUT2D eigenvalue weighted by Crippen LogP contribution is 2.29. The van der Waals surface area contributed by atoms with Gasteiger partial charge in [0.25, 0.3) is 0 Å². The molecule has 0 saturated heterocycles. The average molecular weight is 251 g/mol. The Morgan fingerprint density at radius 3 is 2.28 bits per heavy atom. The van der Waals surface area contributed by atoms with Gasteiger partial charge in [0.2, 0.25) is 0 Å². The fourth-order valence-corrected chi connectivity index (χ4v) is 2.49. The molecule has 18 heavy (non-hydrogen) atoms. The minimum absolute atomic E-state index is 0.0370. The van der Waals surface area contributed by atoms with Gasteiger partial charge in [-0.05, 0) is 33.6 Å². The zero-order valence-electron chi connectivity index (χ0n) is 11.8. The van der Waals surface area contributed by atoms with Gasteiger partial charge < -0.3 is 9.84 Å². The molecule has 4 heteroatoms. The van der Waals surface area contributed by atoms with Crippen molar-refractivity contribution in [3.8, 4) is 0 Å². The molecule has 102 valence electrons. The highest BCUT2D eigenvalue weighted by molar-refractivity contribution is 5.23. The molecular weight excluding hydrogens is 226 g/mol. The summed E-state index contributed by atoms with van der Waals surface area (Å²) >= 11 is 0. The average Bonchev–Trinajstić information content (AvgIpc) is 2.62. The summed E-state index contributed by atoms with van der Waals surface area (Å²) in [5.41, 5.74) is -0.0370. The van der Waals surface area contributed by atoms with E-state index in [1.165, 1.54) is 44.9 Å². The summed E-state index contributed by atoms with van der Waals surface area (Å²) < 4.78 is 5.29. The van der Waals surface area contributed by atoms with E-state index in [9.17, 15) is 0 Å². The fraction of sp³-hybridized carbons (Fsp3) is 0.857. The van der Waals surface area contributed by atoms with Gasteiger partial charge in [-0.2, -0.15) is 4.98 Å². The van der Waals surface area contributed by atoms with Crippen LogP contribution in [0.1, 0.15) is 77.5 Å². The first-order valence-electron chi connectivity index (χ1n) is 7.16. The number of hydrogen-bond acceptors (Lipinski definition) is 4. The number of anilines is 1. The van der Waals surface area contributed by atoms with Crippen LogP contribution in [0.2, 0.25) is 0 Å². The Balaban J connectivity index is 1.99. The van der Waals surface area contributed by atoms with Crippen molar-refractivity contribution in [1.82, 2.24) is 10.1 Å². The maximum atomic E-state index is 5.29. The summed E-state index contributed by atoms with van der Waals surface area (Å²) in [5, 5.41) is 7.38. The third kappa shape index (κ3) is 4.00. The lowest BCUT2D eigenvalue weighted by atomic mass is 9.91. The molecule has 0 unspecified atom stereocenters. The smallest absolute Gasteiger partial charge is 0.321 e. The van der Waals surface area contributed by atoms with Crippen molar-refractivity contribution in [1.29, 1.82) is 0 Å². The molecule has 1 heterocycles. The van der Waals surface area contributed by atoms with E-state index in [2.05, 4.69) is 36.2 Å². The fourth-order valence-electron chi connectivity index (χ4n) is 2.49. The first-order valence-corrected chi connectivity index (χ1v) is 7.16. The van der Waals surface area contributed by atoms with E-state index in [0.29, 0.717) is 11.9 Å². The second-order valence-corrected chi connectivity index (χ2v) is 6.37. The molecule has 2 rings (SSSR count). The van der Waals surface area contributed by atoms with Crippen molar-refractivity contribution in [2.24, 2.45) is 0 Å². The van der Waals surface area contributed by atoms with Crippen LogP contribution in [0.15, 0.2) is 4.52 Å². The Morgan fingerprint density at radius 2 is 1.67 bits per heavy atom. The van der Waals surface area contributed by atoms with Gasteiger partial charge in [0.1, 0.15) is 0 Å². The summed E-state index contributed by atoms with van der Waals surface area (Å²) in [6, 6.07) is 0.555. The third-order valence-electron chi connectivity index (χ3n) is 3.39. The summed E-state index contributed by atoms with van der Waals surface area (Å²) in [5.74, 6) is 1.38. The van der Waals surface area contributed by atoms with Crippen LogP contribution >= 0.6 is 0 Å². The van der Waals surface area contributed by atoms with Crippen LogP contribution in [0.3, 0.4) is 0 Å². The van der Waals surface area contributed by atoms with Crippen molar-refractivity contribution in [3.05, 3.63) is 5.82 Å². The second-order valence-electron chi connectivity index (χ2n) is 6.37. The van der Waals surface area contributed by atoms with Crippen LogP contribution in [0.5, 0.6) is 0 Å². The maximum absolute atomic E-state index is 5.29. The monoisotopic (exact) mass is 251 g/mol. The number of aromatic nitrogens is 2. The molecule has 1 aliphatic carbocycles. The summed E-state index contributed by atoms with van der Waals surface area (Å²) in [7, 11) is 0. The van der Waals surface area contributed by atoms with Crippen LogP contribution in [-0.2, 0) is 0 Å². The van der Waals surface area contributed by atoms with Crippen LogP contribution in [0.25, 0.3) is 0 Å². The molecule has 1 saturated carbocycles. The first kappa shape index (κ1) is 13.4. The molecule has 1 aliphatic rings. The zero-order chi connectivity index (χ0) is 13.0. The number of hydrogen-bond donors (Lipinski definition) is 1. The van der Waals surface area contributed by atoms with E-state index < -0.39 is 0 Å². The Labute approximate surface area is 110 Å². The van der Waals surface area contributed by atoms with Gasteiger partial charge in [-0.1, -0.05) is 37.3 Å². The van der Waals surface area contributed by atoms with Gasteiger partial charge in [0.15, 0.2) is 5.82 Å². The Bertz CT molecular complexity index is 359. The molecule has 1 N–H and O–H groups in total. The Kier molecular flexibility index (Phi) is 4.25. The molecule has 1 aromatic rings. The molecular formula is C14H25N3O. The van der Waals surface area contributed by atoms with Gasteiger partial charge in [-0.3, -0.25) is 0 Å². The zero-order valence-corrected chi connectivity index (χ0v) is 11.8. The van der Waals surface area contributed by atoms with Crippen molar-refractivity contribution >= 4 is 6.01 Å². The molecule has 0 spiro atoms. The first-order chi connectivity index (χ1) is 8.54. The van der Waals surface area contributed by atoms with Gasteiger partial charge in [-0.25, -0.2) is 0 Å². The lowest BCUT2D eigenvalue weighted by molar-refractivity contribution is 0.388. The van der Waals surface area contributed by atoms with Crippen molar-refractivity contribution < 1.29 is 4.52 Å². The van der Waals surface area contributed by atoms with Crippen LogP contribution in [0, 0.1) is 0 Å². The maximum Gasteiger partial charge on any atom is 0.321 e. The molecule has 0 radical (unpaired) electrons. The molecule has 0 aliphatic heterocycles. The molecule has 1 fully saturated rings. The predicted molar refractivity (Wildman–Crippen MR) is 72.7 cm³/mol. The molecule has 0 amide bonds. The molecule has 1 aromatic heterocycles. The van der Waals surface area contributed by atoms with Crippen molar-refractivity contribution in [2.75, 3.05) is 5.32 Å². The summed E-state index contributed by atoms with van der Waals surface area (Å²) in [6.07, 6.45) is 9.07. The van der Waals surface area contributed by atoms with Crippen LogP contribution in [-0.4, -0.2) is 15.7 Å². The molecule has 0 bridgehead atoms. The largest absolute Gasteiger partial charge is 0.333 e. The van der Waals surface area contributed by atoms with E-state index in [1.54, 1.807) is 0 Å². The Hall–Kier alpha value is -1.06. The number of rotatable bonds is 2. The van der Waals surface area contributed by atoms with Crippen LogP contribution in [0.4, 0.5) is 6.01 Å². The van der Waals surface area contributed by atoms with E-state index in [-0.39, 0.29) is 5.54 Å². The lowest BCUT2D eigenvalue weighted by Crippen LogP contribution is -2.26. The highest BCUT2D eigenvalue weighted by atomic mass is 16.5. The molecule has 0 aromatic carbocycles. The van der Waals surface area contributed by atoms with Gasteiger partial charge >= 0.3 is 6.01 Å². The van der Waals surface area contributed by atoms with Crippen molar-refractivity contribution in [3.63, 3.8) is 0 Å². The molecule has 4 nitrogen and oxygen atoms in total.